The number of fused-ring (bicyclic) bond motifs is 1. The molecule has 5 rings (SSSR count). The van der Waals surface area contributed by atoms with Crippen molar-refractivity contribution < 1.29 is 5.11 Å². The van der Waals surface area contributed by atoms with Crippen LogP contribution >= 0.6 is 0 Å². The van der Waals surface area contributed by atoms with E-state index in [0.717, 1.165) is 46.6 Å². The lowest BCUT2D eigenvalue weighted by molar-refractivity contribution is 0.198. The minimum atomic E-state index is -0.303. The highest BCUT2D eigenvalue weighted by Gasteiger charge is 2.25. The van der Waals surface area contributed by atoms with Crippen molar-refractivity contribution in [1.29, 1.82) is 0 Å². The fourth-order valence-corrected chi connectivity index (χ4v) is 3.66. The van der Waals surface area contributed by atoms with Gasteiger partial charge < -0.3 is 15.0 Å². The van der Waals surface area contributed by atoms with Gasteiger partial charge in [0.15, 0.2) is 5.82 Å². The summed E-state index contributed by atoms with van der Waals surface area (Å²) in [6.07, 6.45) is 0.463. The van der Waals surface area contributed by atoms with Gasteiger partial charge in [0, 0.05) is 24.3 Å². The summed E-state index contributed by atoms with van der Waals surface area (Å²) in [7, 11) is 0. The molecule has 2 aromatic carbocycles. The second-order valence-corrected chi connectivity index (χ2v) is 6.94. The van der Waals surface area contributed by atoms with Gasteiger partial charge in [-0.25, -0.2) is 9.97 Å². The Hall–Kier alpha value is -3.18. The number of rotatable bonds is 3. The minimum absolute atomic E-state index is 0.303. The fraction of sp³-hybridized carbons (Fsp3) is 0.182. The van der Waals surface area contributed by atoms with Gasteiger partial charge in [0.2, 0.25) is 0 Å². The molecule has 0 amide bonds. The third-order valence-electron chi connectivity index (χ3n) is 5.05. The molecule has 0 saturated carbocycles. The largest absolute Gasteiger partial charge is 0.391 e. The first kappa shape index (κ1) is 16.0. The molecule has 1 aliphatic rings. The van der Waals surface area contributed by atoms with Crippen LogP contribution in [0, 0.1) is 0 Å². The maximum atomic E-state index is 10.0. The Morgan fingerprint density at radius 2 is 1.63 bits per heavy atom. The van der Waals surface area contributed by atoms with Gasteiger partial charge in [0.1, 0.15) is 11.5 Å². The second-order valence-electron chi connectivity index (χ2n) is 6.94. The molecule has 0 aliphatic carbocycles. The predicted molar refractivity (Wildman–Crippen MR) is 108 cm³/mol. The number of nitrogens with zero attached hydrogens (tertiary/aromatic N) is 3. The first-order chi connectivity index (χ1) is 13.3. The Bertz CT molecular complexity index is 1080. The number of nitrogens with one attached hydrogen (secondary N) is 1. The smallest absolute Gasteiger partial charge is 0.163 e. The van der Waals surface area contributed by atoms with Crippen LogP contribution in [0.1, 0.15) is 6.42 Å². The predicted octanol–water partition coefficient (Wildman–Crippen LogP) is 3.86. The minimum Gasteiger partial charge on any atom is -0.391 e. The van der Waals surface area contributed by atoms with Crippen LogP contribution in [-0.2, 0) is 0 Å². The molecule has 5 heteroatoms. The summed E-state index contributed by atoms with van der Waals surface area (Å²) in [5.74, 6) is 1.58. The summed E-state index contributed by atoms with van der Waals surface area (Å²) in [6.45, 7) is 1.40. The standard InChI is InChI=1S/C22H20N4O/c27-17-11-12-26(14-17)22-18-13-19(15-7-3-1-4-8-15)23-21(18)24-20(25-22)16-9-5-2-6-10-16/h1-10,13,17,27H,11-12,14H2,(H,23,24,25). The van der Waals surface area contributed by atoms with Gasteiger partial charge in [0.05, 0.1) is 11.5 Å². The lowest BCUT2D eigenvalue weighted by atomic mass is 10.1. The summed E-state index contributed by atoms with van der Waals surface area (Å²) >= 11 is 0. The van der Waals surface area contributed by atoms with Crippen LogP contribution in [0.15, 0.2) is 66.7 Å². The molecule has 3 heterocycles. The van der Waals surface area contributed by atoms with Crippen molar-refractivity contribution in [3.05, 3.63) is 66.7 Å². The van der Waals surface area contributed by atoms with E-state index in [1.54, 1.807) is 0 Å². The summed E-state index contributed by atoms with van der Waals surface area (Å²) in [4.78, 5) is 15.3. The first-order valence-corrected chi connectivity index (χ1v) is 9.22. The molecule has 2 N–H and O–H groups in total. The van der Waals surface area contributed by atoms with E-state index < -0.39 is 0 Å². The highest BCUT2D eigenvalue weighted by molar-refractivity contribution is 5.93. The second kappa shape index (κ2) is 6.52. The molecular formula is C22H20N4O. The Morgan fingerprint density at radius 3 is 2.30 bits per heavy atom. The van der Waals surface area contributed by atoms with Crippen molar-refractivity contribution in [2.24, 2.45) is 0 Å². The fourth-order valence-electron chi connectivity index (χ4n) is 3.66. The molecule has 0 radical (unpaired) electrons. The van der Waals surface area contributed by atoms with Crippen LogP contribution in [0.3, 0.4) is 0 Å². The van der Waals surface area contributed by atoms with Crippen LogP contribution in [0.4, 0.5) is 5.82 Å². The molecular weight excluding hydrogens is 336 g/mol. The third-order valence-corrected chi connectivity index (χ3v) is 5.05. The lowest BCUT2D eigenvalue weighted by Crippen LogP contribution is -2.22. The number of aliphatic hydroxyl groups is 1. The zero-order valence-corrected chi connectivity index (χ0v) is 14.8. The third kappa shape index (κ3) is 2.96. The first-order valence-electron chi connectivity index (χ1n) is 9.22. The molecule has 27 heavy (non-hydrogen) atoms. The highest BCUT2D eigenvalue weighted by Crippen LogP contribution is 2.32. The average Bonchev–Trinajstić information content (AvgIpc) is 3.35. The molecule has 5 nitrogen and oxygen atoms in total. The molecule has 1 fully saturated rings. The van der Waals surface area contributed by atoms with Crippen LogP contribution in [0.5, 0.6) is 0 Å². The maximum absolute atomic E-state index is 10.0. The molecule has 1 unspecified atom stereocenters. The van der Waals surface area contributed by atoms with Gasteiger partial charge in [-0.1, -0.05) is 60.7 Å². The van der Waals surface area contributed by atoms with E-state index in [4.69, 9.17) is 9.97 Å². The number of β-amino-alcohol motifs (C(OH)–C–C–N with tert-alkyl or cyclic N) is 1. The molecule has 1 atom stereocenters. The summed E-state index contributed by atoms with van der Waals surface area (Å²) in [5.41, 5.74) is 3.94. The molecule has 0 spiro atoms. The van der Waals surface area contributed by atoms with Crippen LogP contribution in [-0.4, -0.2) is 39.3 Å². The van der Waals surface area contributed by atoms with Gasteiger partial charge in [0.25, 0.3) is 0 Å². The van der Waals surface area contributed by atoms with Crippen molar-refractivity contribution >= 4 is 16.9 Å². The topological polar surface area (TPSA) is 65.0 Å². The zero-order valence-electron chi connectivity index (χ0n) is 14.8. The molecule has 2 aromatic heterocycles. The van der Waals surface area contributed by atoms with E-state index in [2.05, 4.69) is 28.1 Å². The lowest BCUT2D eigenvalue weighted by Gasteiger charge is -2.18. The Kier molecular flexibility index (Phi) is 3.87. The van der Waals surface area contributed by atoms with E-state index in [-0.39, 0.29) is 6.10 Å². The van der Waals surface area contributed by atoms with Crippen molar-refractivity contribution in [3.63, 3.8) is 0 Å². The number of anilines is 1. The van der Waals surface area contributed by atoms with Crippen LogP contribution < -0.4 is 4.90 Å². The van der Waals surface area contributed by atoms with Gasteiger partial charge in [-0.05, 0) is 18.1 Å². The summed E-state index contributed by atoms with van der Waals surface area (Å²) in [5, 5.41) is 11.0. The quantitative estimate of drug-likeness (QED) is 0.585. The number of H-pyrrole nitrogens is 1. The maximum Gasteiger partial charge on any atom is 0.163 e. The average molecular weight is 356 g/mol. The SMILES string of the molecule is OC1CCN(c2nc(-c3ccccc3)nc3[nH]c(-c4ccccc4)cc23)C1. The molecule has 4 aromatic rings. The molecule has 0 bridgehead atoms. The zero-order chi connectivity index (χ0) is 18.2. The number of aromatic nitrogens is 3. The highest BCUT2D eigenvalue weighted by atomic mass is 16.3. The van der Waals surface area contributed by atoms with Gasteiger partial charge >= 0.3 is 0 Å². The summed E-state index contributed by atoms with van der Waals surface area (Å²) in [6, 6.07) is 22.3. The molecule has 1 aliphatic heterocycles. The van der Waals surface area contributed by atoms with Gasteiger partial charge in [-0.2, -0.15) is 0 Å². The van der Waals surface area contributed by atoms with E-state index in [0.29, 0.717) is 12.4 Å². The molecule has 1 saturated heterocycles. The van der Waals surface area contributed by atoms with E-state index in [9.17, 15) is 5.11 Å². The van der Waals surface area contributed by atoms with Crippen molar-refractivity contribution in [1.82, 2.24) is 15.0 Å². The van der Waals surface area contributed by atoms with Crippen LogP contribution in [0.2, 0.25) is 0 Å². The van der Waals surface area contributed by atoms with Crippen molar-refractivity contribution in [3.8, 4) is 22.6 Å². The summed E-state index contributed by atoms with van der Waals surface area (Å²) < 4.78 is 0. The Morgan fingerprint density at radius 1 is 0.926 bits per heavy atom. The monoisotopic (exact) mass is 356 g/mol. The number of aliphatic hydroxyl groups excluding tert-OH is 1. The van der Waals surface area contributed by atoms with Gasteiger partial charge in [-0.15, -0.1) is 0 Å². The van der Waals surface area contributed by atoms with E-state index in [1.807, 2.05) is 48.5 Å². The number of benzene rings is 2. The Balaban J connectivity index is 1.70. The number of hydrogen-bond donors (Lipinski definition) is 2. The normalized spacial score (nSPS) is 16.9. The molecule has 134 valence electrons. The Labute approximate surface area is 157 Å². The van der Waals surface area contributed by atoms with E-state index in [1.165, 1.54) is 0 Å². The van der Waals surface area contributed by atoms with Crippen molar-refractivity contribution in [2.75, 3.05) is 18.0 Å². The number of aromatic amines is 1. The van der Waals surface area contributed by atoms with E-state index >= 15 is 0 Å². The van der Waals surface area contributed by atoms with Gasteiger partial charge in [-0.3, -0.25) is 0 Å². The van der Waals surface area contributed by atoms with Crippen LogP contribution in [0.25, 0.3) is 33.7 Å². The van der Waals surface area contributed by atoms with Crippen molar-refractivity contribution in [2.45, 2.75) is 12.5 Å². The number of hydrogen-bond acceptors (Lipinski definition) is 4.